The van der Waals surface area contributed by atoms with Crippen LogP contribution in [-0.4, -0.2) is 37.9 Å². The van der Waals surface area contributed by atoms with Crippen molar-refractivity contribution >= 4 is 11.9 Å². The van der Waals surface area contributed by atoms with Crippen LogP contribution in [-0.2, 0) is 23.8 Å². The molecule has 0 aromatic rings. The Morgan fingerprint density at radius 2 is 1.81 bits per heavy atom. The van der Waals surface area contributed by atoms with Gasteiger partial charge in [-0.05, 0) is 98.2 Å². The van der Waals surface area contributed by atoms with E-state index in [1.165, 1.54) is 32.8 Å². The smallest absolute Gasteiger partial charge is 0.305 e. The number of fused-ring (bicyclic) bond motifs is 2. The summed E-state index contributed by atoms with van der Waals surface area (Å²) in [5.74, 6) is 2.98. The number of carbonyl (C=O) groups excluding carboxylic acids is 2. The Bertz CT molecular complexity index is 882. The second kappa shape index (κ2) is 8.99. The van der Waals surface area contributed by atoms with Crippen LogP contribution in [0.25, 0.3) is 0 Å². The van der Waals surface area contributed by atoms with Crippen molar-refractivity contribution in [3.05, 3.63) is 0 Å². The fourth-order valence-corrected chi connectivity index (χ4v) is 11.2. The molecule has 5 fully saturated rings. The van der Waals surface area contributed by atoms with Crippen LogP contribution in [0.15, 0.2) is 0 Å². The summed E-state index contributed by atoms with van der Waals surface area (Å²) in [6.45, 7) is 14.8. The lowest BCUT2D eigenvalue weighted by molar-refractivity contribution is -0.210. The number of carbonyl (C=O) groups is 2. The Morgan fingerprint density at radius 3 is 2.50 bits per heavy atom. The summed E-state index contributed by atoms with van der Waals surface area (Å²) in [4.78, 5) is 23.6. The number of rotatable bonds is 6. The highest BCUT2D eigenvalue weighted by molar-refractivity contribution is 5.69. The van der Waals surface area contributed by atoms with Crippen molar-refractivity contribution in [2.75, 3.05) is 13.7 Å². The van der Waals surface area contributed by atoms with E-state index in [9.17, 15) is 9.59 Å². The van der Waals surface area contributed by atoms with Gasteiger partial charge in [-0.3, -0.25) is 9.59 Å². The molecule has 5 aliphatic rings. The lowest BCUT2D eigenvalue weighted by Crippen LogP contribution is -2.64. The molecule has 204 valence electrons. The van der Waals surface area contributed by atoms with Gasteiger partial charge in [0.1, 0.15) is 6.10 Å². The van der Waals surface area contributed by atoms with E-state index in [0.717, 1.165) is 38.7 Å². The van der Waals surface area contributed by atoms with Crippen LogP contribution < -0.4 is 0 Å². The maximum atomic E-state index is 11.9. The van der Waals surface area contributed by atoms with Crippen molar-refractivity contribution < 1.29 is 23.8 Å². The normalized spacial score (nSPS) is 47.3. The zero-order valence-corrected chi connectivity index (χ0v) is 23.9. The van der Waals surface area contributed by atoms with E-state index < -0.39 is 0 Å². The second-order valence-electron chi connectivity index (χ2n) is 14.4. The van der Waals surface area contributed by atoms with E-state index >= 15 is 0 Å². The van der Waals surface area contributed by atoms with Gasteiger partial charge in [-0.25, -0.2) is 0 Å². The van der Waals surface area contributed by atoms with Crippen LogP contribution in [0.2, 0.25) is 0 Å². The first-order valence-electron chi connectivity index (χ1n) is 14.8. The highest BCUT2D eigenvalue weighted by Crippen LogP contribution is 2.77. The van der Waals surface area contributed by atoms with E-state index in [1.807, 2.05) is 0 Å². The van der Waals surface area contributed by atoms with Crippen molar-refractivity contribution in [2.45, 2.75) is 118 Å². The summed E-state index contributed by atoms with van der Waals surface area (Å²) < 4.78 is 17.6. The molecule has 0 aromatic carbocycles. The Hall–Kier alpha value is -1.10. The molecule has 1 saturated heterocycles. The molecule has 0 aromatic heterocycles. The molecule has 0 bridgehead atoms. The minimum atomic E-state index is -0.146. The topological polar surface area (TPSA) is 61.8 Å². The van der Waals surface area contributed by atoms with Crippen molar-refractivity contribution in [3.8, 4) is 0 Å². The molecular formula is C31H50O5. The average molecular weight is 503 g/mol. The summed E-state index contributed by atoms with van der Waals surface area (Å²) in [5, 5.41) is 0. The number of hydrogen-bond acceptors (Lipinski definition) is 5. The molecule has 36 heavy (non-hydrogen) atoms. The molecule has 5 heteroatoms. The number of hydrogen-bond donors (Lipinski definition) is 0. The van der Waals surface area contributed by atoms with Crippen molar-refractivity contribution in [1.82, 2.24) is 0 Å². The molecule has 10 atom stereocenters. The summed E-state index contributed by atoms with van der Waals surface area (Å²) in [7, 11) is 1.49. The van der Waals surface area contributed by atoms with Gasteiger partial charge in [0.2, 0.25) is 0 Å². The lowest BCUT2D eigenvalue weighted by Gasteiger charge is -2.66. The third-order valence-corrected chi connectivity index (χ3v) is 12.9. The average Bonchev–Trinajstić information content (AvgIpc) is 3.34. The molecule has 1 aliphatic heterocycles. The highest BCUT2D eigenvalue weighted by atomic mass is 16.5. The van der Waals surface area contributed by atoms with Gasteiger partial charge in [-0.1, -0.05) is 34.6 Å². The van der Waals surface area contributed by atoms with Crippen molar-refractivity contribution in [1.29, 1.82) is 0 Å². The standard InChI is InChI=1S/C31H50O5/c1-19(9-8-10-26(33)34-7)21-12-16-31-18-35-23-17-24-28(3,4)25(36-20(2)32)13-14-29(24,5)22(27(23)31)11-15-30(21,31)6/h19,21-25,27H,8-18H2,1-7H3/t19-,21-,22?,23?,24+,25+,27?,29-,30-,31-/m1/s1. The molecule has 0 amide bonds. The quantitative estimate of drug-likeness (QED) is 0.384. The summed E-state index contributed by atoms with van der Waals surface area (Å²) in [6, 6.07) is 0. The summed E-state index contributed by atoms with van der Waals surface area (Å²) in [6.07, 6.45) is 11.4. The van der Waals surface area contributed by atoms with Crippen LogP contribution in [0.3, 0.4) is 0 Å². The van der Waals surface area contributed by atoms with Crippen LogP contribution in [0.5, 0.6) is 0 Å². The van der Waals surface area contributed by atoms with Crippen LogP contribution in [0, 0.1) is 51.2 Å². The van der Waals surface area contributed by atoms with E-state index in [-0.39, 0.29) is 28.9 Å². The molecule has 5 rings (SSSR count). The number of esters is 2. The zero-order valence-electron chi connectivity index (χ0n) is 23.9. The van der Waals surface area contributed by atoms with Gasteiger partial charge < -0.3 is 14.2 Å². The van der Waals surface area contributed by atoms with Gasteiger partial charge in [-0.15, -0.1) is 0 Å². The van der Waals surface area contributed by atoms with Crippen LogP contribution in [0.1, 0.15) is 106 Å². The Labute approximate surface area is 218 Å². The Kier molecular flexibility index (Phi) is 6.62. The predicted octanol–water partition coefficient (Wildman–Crippen LogP) is 6.57. The van der Waals surface area contributed by atoms with Crippen LogP contribution >= 0.6 is 0 Å². The molecule has 1 heterocycles. The molecule has 1 spiro atoms. The zero-order chi connectivity index (χ0) is 26.1. The van der Waals surface area contributed by atoms with Gasteiger partial charge in [0.05, 0.1) is 19.8 Å². The fourth-order valence-electron chi connectivity index (χ4n) is 11.2. The van der Waals surface area contributed by atoms with Gasteiger partial charge in [-0.2, -0.15) is 0 Å². The molecule has 4 saturated carbocycles. The predicted molar refractivity (Wildman–Crippen MR) is 139 cm³/mol. The second-order valence-corrected chi connectivity index (χ2v) is 14.4. The van der Waals surface area contributed by atoms with Gasteiger partial charge in [0, 0.05) is 24.2 Å². The van der Waals surface area contributed by atoms with Gasteiger partial charge in [0.15, 0.2) is 0 Å². The SMILES string of the molecule is COC(=O)CCC[C@@H](C)[C@H]1CC[C@]23COC4C[C@H]5C(C)(C)[C@@H](OC(C)=O)CC[C@]5(C)C(CC[C@]12C)C43. The number of ether oxygens (including phenoxy) is 3. The van der Waals surface area contributed by atoms with Gasteiger partial charge >= 0.3 is 11.9 Å². The third-order valence-electron chi connectivity index (χ3n) is 12.9. The lowest BCUT2D eigenvalue weighted by atomic mass is 9.38. The Morgan fingerprint density at radius 1 is 1.06 bits per heavy atom. The first-order valence-corrected chi connectivity index (χ1v) is 14.8. The summed E-state index contributed by atoms with van der Waals surface area (Å²) >= 11 is 0. The van der Waals surface area contributed by atoms with Crippen molar-refractivity contribution in [3.63, 3.8) is 0 Å². The minimum Gasteiger partial charge on any atom is -0.469 e. The maximum Gasteiger partial charge on any atom is 0.305 e. The number of methoxy groups -OCH3 is 1. The van der Waals surface area contributed by atoms with E-state index in [2.05, 4.69) is 34.6 Å². The molecule has 0 N–H and O–H groups in total. The largest absolute Gasteiger partial charge is 0.469 e. The van der Waals surface area contributed by atoms with Gasteiger partial charge in [0.25, 0.3) is 0 Å². The Balaban J connectivity index is 1.39. The molecular weight excluding hydrogens is 452 g/mol. The third kappa shape index (κ3) is 3.64. The highest BCUT2D eigenvalue weighted by Gasteiger charge is 2.73. The first-order chi connectivity index (χ1) is 16.9. The minimum absolute atomic E-state index is 0.00976. The van der Waals surface area contributed by atoms with Crippen molar-refractivity contribution in [2.24, 2.45) is 51.2 Å². The van der Waals surface area contributed by atoms with E-state index in [4.69, 9.17) is 14.2 Å². The fraction of sp³-hybridized carbons (Fsp3) is 0.935. The first kappa shape index (κ1) is 26.5. The maximum absolute atomic E-state index is 11.9. The van der Waals surface area contributed by atoms with E-state index in [0.29, 0.717) is 52.9 Å². The molecule has 4 aliphatic carbocycles. The monoisotopic (exact) mass is 502 g/mol. The van der Waals surface area contributed by atoms with E-state index in [1.54, 1.807) is 6.92 Å². The molecule has 3 unspecified atom stereocenters. The molecule has 5 nitrogen and oxygen atoms in total. The van der Waals surface area contributed by atoms with Crippen LogP contribution in [0.4, 0.5) is 0 Å². The summed E-state index contributed by atoms with van der Waals surface area (Å²) in [5.41, 5.74) is 0.872. The molecule has 0 radical (unpaired) electrons.